The minimum Gasteiger partial charge on any atom is -0.378 e. The van der Waals surface area contributed by atoms with E-state index < -0.39 is 0 Å². The van der Waals surface area contributed by atoms with Gasteiger partial charge in [0.1, 0.15) is 0 Å². The van der Waals surface area contributed by atoms with Crippen LogP contribution in [0.15, 0.2) is 54.6 Å². The average molecular weight is 263 g/mol. The van der Waals surface area contributed by atoms with Gasteiger partial charge >= 0.3 is 0 Å². The zero-order chi connectivity index (χ0) is 13.9. The average Bonchev–Trinajstić information content (AvgIpc) is 2.88. The fraction of sp³-hybridized carbons (Fsp3) is 0.263. The summed E-state index contributed by atoms with van der Waals surface area (Å²) in [5.41, 5.74) is 5.57. The summed E-state index contributed by atoms with van der Waals surface area (Å²) in [4.78, 5) is 2.13. The van der Waals surface area contributed by atoms with Gasteiger partial charge in [-0.05, 0) is 47.6 Å². The molecular formula is C19H21N. The summed E-state index contributed by atoms with van der Waals surface area (Å²) >= 11 is 0. The smallest absolute Gasteiger partial charge is 0.0361 e. The zero-order valence-electron chi connectivity index (χ0n) is 12.2. The number of rotatable bonds is 3. The van der Waals surface area contributed by atoms with E-state index in [1.54, 1.807) is 0 Å². The molecule has 0 aromatic heterocycles. The van der Waals surface area contributed by atoms with Crippen LogP contribution in [0.3, 0.4) is 0 Å². The summed E-state index contributed by atoms with van der Waals surface area (Å²) in [6.45, 7) is 0. The third-order valence-electron chi connectivity index (χ3n) is 4.05. The van der Waals surface area contributed by atoms with Crippen molar-refractivity contribution in [3.8, 4) is 0 Å². The maximum atomic E-state index is 2.37. The maximum absolute atomic E-state index is 2.37. The number of benzene rings is 2. The van der Waals surface area contributed by atoms with Crippen LogP contribution in [0.4, 0.5) is 5.69 Å². The van der Waals surface area contributed by atoms with Crippen LogP contribution < -0.4 is 4.90 Å². The van der Waals surface area contributed by atoms with Gasteiger partial charge in [-0.2, -0.15) is 0 Å². The van der Waals surface area contributed by atoms with Gasteiger partial charge in [-0.25, -0.2) is 0 Å². The second-order valence-corrected chi connectivity index (χ2v) is 5.78. The molecule has 1 aliphatic carbocycles. The number of anilines is 1. The van der Waals surface area contributed by atoms with Crippen molar-refractivity contribution >= 4 is 11.8 Å². The van der Waals surface area contributed by atoms with Crippen molar-refractivity contribution in [3.63, 3.8) is 0 Å². The lowest BCUT2D eigenvalue weighted by Gasteiger charge is -2.11. The molecule has 2 aromatic rings. The zero-order valence-corrected chi connectivity index (χ0v) is 12.2. The van der Waals surface area contributed by atoms with Gasteiger partial charge in [0, 0.05) is 19.8 Å². The van der Waals surface area contributed by atoms with Crippen molar-refractivity contribution in [1.29, 1.82) is 0 Å². The molecule has 0 N–H and O–H groups in total. The summed E-state index contributed by atoms with van der Waals surface area (Å²) in [5.74, 6) is 0.654. The topological polar surface area (TPSA) is 3.24 Å². The number of hydrogen-bond donors (Lipinski definition) is 0. The Kier molecular flexibility index (Phi) is 3.60. The van der Waals surface area contributed by atoms with Gasteiger partial charge in [-0.3, -0.25) is 0 Å². The van der Waals surface area contributed by atoms with Gasteiger partial charge in [0.15, 0.2) is 0 Å². The van der Waals surface area contributed by atoms with Gasteiger partial charge in [-0.15, -0.1) is 0 Å². The Bertz CT molecular complexity index is 583. The first kappa shape index (κ1) is 13.0. The Balaban J connectivity index is 1.67. The maximum Gasteiger partial charge on any atom is 0.0361 e. The van der Waals surface area contributed by atoms with Gasteiger partial charge < -0.3 is 4.90 Å². The number of hydrogen-bond acceptors (Lipinski definition) is 1. The molecule has 0 aliphatic heterocycles. The van der Waals surface area contributed by atoms with Crippen molar-refractivity contribution in [1.82, 2.24) is 0 Å². The van der Waals surface area contributed by atoms with Gasteiger partial charge in [0.25, 0.3) is 0 Å². The Hall–Kier alpha value is -2.02. The third-order valence-corrected chi connectivity index (χ3v) is 4.05. The highest BCUT2D eigenvalue weighted by molar-refractivity contribution is 5.56. The van der Waals surface area contributed by atoms with Crippen molar-refractivity contribution < 1.29 is 0 Å². The van der Waals surface area contributed by atoms with E-state index in [0.29, 0.717) is 5.92 Å². The summed E-state index contributed by atoms with van der Waals surface area (Å²) in [7, 11) is 4.14. The van der Waals surface area contributed by atoms with Crippen LogP contribution in [0.5, 0.6) is 0 Å². The molecular weight excluding hydrogens is 242 g/mol. The molecule has 0 atom stereocenters. The molecule has 0 heterocycles. The van der Waals surface area contributed by atoms with Crippen molar-refractivity contribution in [2.45, 2.75) is 12.8 Å². The molecule has 2 aromatic carbocycles. The van der Waals surface area contributed by atoms with E-state index in [1.165, 1.54) is 35.2 Å². The molecule has 0 amide bonds. The molecule has 0 spiro atoms. The first-order valence-corrected chi connectivity index (χ1v) is 7.25. The summed E-state index contributed by atoms with van der Waals surface area (Å²) < 4.78 is 0. The third kappa shape index (κ3) is 2.77. The van der Waals surface area contributed by atoms with Crippen LogP contribution in [0, 0.1) is 5.92 Å². The summed E-state index contributed by atoms with van der Waals surface area (Å²) in [6, 6.07) is 17.5. The number of fused-ring (bicyclic) bond motifs is 1. The molecule has 1 heteroatoms. The molecule has 3 rings (SSSR count). The Morgan fingerprint density at radius 1 is 0.900 bits per heavy atom. The monoisotopic (exact) mass is 263 g/mol. The first-order chi connectivity index (χ1) is 9.72. The number of allylic oxidation sites excluding steroid dienone is 1. The Labute approximate surface area is 121 Å². The van der Waals surface area contributed by atoms with Crippen molar-refractivity contribution in [3.05, 3.63) is 71.3 Å². The van der Waals surface area contributed by atoms with Crippen molar-refractivity contribution in [2.24, 2.45) is 5.92 Å². The summed E-state index contributed by atoms with van der Waals surface area (Å²) in [5, 5.41) is 0. The standard InChI is InChI=1S/C19H21N/c1-20(2)19-11-9-15(10-12-19)7-8-16-13-17-5-3-4-6-18(17)14-16/h3-12,16H,13-14H2,1-2H3/b8-7+. The predicted octanol–water partition coefficient (Wildman–Crippen LogP) is 4.18. The normalized spacial score (nSPS) is 14.7. The molecule has 0 bridgehead atoms. The van der Waals surface area contributed by atoms with E-state index in [2.05, 4.69) is 79.7 Å². The molecule has 102 valence electrons. The van der Waals surface area contributed by atoms with Gasteiger partial charge in [0.2, 0.25) is 0 Å². The lowest BCUT2D eigenvalue weighted by atomic mass is 10.0. The van der Waals surface area contributed by atoms with Crippen LogP contribution in [0.25, 0.3) is 6.08 Å². The lowest BCUT2D eigenvalue weighted by molar-refractivity contribution is 0.707. The van der Waals surface area contributed by atoms with Crippen LogP contribution >= 0.6 is 0 Å². The molecule has 0 radical (unpaired) electrons. The largest absolute Gasteiger partial charge is 0.378 e. The summed E-state index contributed by atoms with van der Waals surface area (Å²) in [6.07, 6.45) is 6.99. The highest BCUT2D eigenvalue weighted by Gasteiger charge is 2.17. The molecule has 0 saturated carbocycles. The Morgan fingerprint density at radius 2 is 1.50 bits per heavy atom. The fourth-order valence-corrected chi connectivity index (χ4v) is 2.86. The Morgan fingerprint density at radius 3 is 2.05 bits per heavy atom. The van der Waals surface area contributed by atoms with Crippen LogP contribution in [0.1, 0.15) is 16.7 Å². The van der Waals surface area contributed by atoms with E-state index in [9.17, 15) is 0 Å². The molecule has 0 unspecified atom stereocenters. The van der Waals surface area contributed by atoms with E-state index in [1.807, 2.05) is 0 Å². The molecule has 1 aliphatic rings. The van der Waals surface area contributed by atoms with E-state index in [4.69, 9.17) is 0 Å². The van der Waals surface area contributed by atoms with Crippen molar-refractivity contribution in [2.75, 3.05) is 19.0 Å². The quantitative estimate of drug-likeness (QED) is 0.803. The van der Waals surface area contributed by atoms with E-state index in [-0.39, 0.29) is 0 Å². The van der Waals surface area contributed by atoms with Crippen LogP contribution in [-0.4, -0.2) is 14.1 Å². The fourth-order valence-electron chi connectivity index (χ4n) is 2.86. The van der Waals surface area contributed by atoms with Gasteiger partial charge in [-0.1, -0.05) is 48.6 Å². The lowest BCUT2D eigenvalue weighted by Crippen LogP contribution is -2.07. The highest BCUT2D eigenvalue weighted by Crippen LogP contribution is 2.27. The minimum atomic E-state index is 0.654. The van der Waals surface area contributed by atoms with E-state index >= 15 is 0 Å². The van der Waals surface area contributed by atoms with E-state index in [0.717, 1.165) is 0 Å². The second-order valence-electron chi connectivity index (χ2n) is 5.78. The SMILES string of the molecule is CN(C)c1ccc(/C=C/C2Cc3ccccc3C2)cc1. The second kappa shape index (κ2) is 5.54. The molecule has 1 nitrogen and oxygen atoms in total. The minimum absolute atomic E-state index is 0.654. The van der Waals surface area contributed by atoms with Crippen LogP contribution in [0.2, 0.25) is 0 Å². The molecule has 20 heavy (non-hydrogen) atoms. The first-order valence-electron chi connectivity index (χ1n) is 7.25. The molecule has 0 fully saturated rings. The molecule has 0 saturated heterocycles. The highest BCUT2D eigenvalue weighted by atomic mass is 15.1. The predicted molar refractivity (Wildman–Crippen MR) is 87.1 cm³/mol. The van der Waals surface area contributed by atoms with Gasteiger partial charge in [0.05, 0.1) is 0 Å². The number of nitrogens with zero attached hydrogens (tertiary/aromatic N) is 1. The van der Waals surface area contributed by atoms with Crippen LogP contribution in [-0.2, 0) is 12.8 Å².